The molecule has 6 nitrogen and oxygen atoms in total. The van der Waals surface area contributed by atoms with E-state index in [0.717, 1.165) is 0 Å². The number of carboxylic acids is 1. The van der Waals surface area contributed by atoms with E-state index in [1.165, 1.54) is 6.07 Å². The van der Waals surface area contributed by atoms with Gasteiger partial charge in [0, 0.05) is 12.0 Å². The average molecular weight is 277 g/mol. The van der Waals surface area contributed by atoms with E-state index in [-0.39, 0.29) is 30.6 Å². The van der Waals surface area contributed by atoms with Gasteiger partial charge in [0.05, 0.1) is 18.2 Å². The van der Waals surface area contributed by atoms with Gasteiger partial charge < -0.3 is 14.9 Å². The predicted octanol–water partition coefficient (Wildman–Crippen LogP) is 1.17. The van der Waals surface area contributed by atoms with Crippen LogP contribution in [0.1, 0.15) is 36.1 Å². The predicted molar refractivity (Wildman–Crippen MR) is 68.7 cm³/mol. The van der Waals surface area contributed by atoms with Crippen LogP contribution in [0, 0.1) is 11.3 Å². The molecular formula is C14H15NO5. The van der Waals surface area contributed by atoms with Crippen LogP contribution < -0.4 is 0 Å². The number of carboxylic acid groups (broad SMARTS) is 1. The number of nitriles is 1. The fourth-order valence-electron chi connectivity index (χ4n) is 1.84. The monoisotopic (exact) mass is 277 g/mol. The first-order chi connectivity index (χ1) is 9.51. The number of benzene rings is 1. The minimum absolute atomic E-state index is 0.0341. The first-order valence-electron chi connectivity index (χ1n) is 6.09. The summed E-state index contributed by atoms with van der Waals surface area (Å²) in [5, 5.41) is 27.6. The maximum absolute atomic E-state index is 11.3. The summed E-state index contributed by atoms with van der Waals surface area (Å²) in [5.74, 6) is -1.85. The Hall–Kier alpha value is -2.39. The lowest BCUT2D eigenvalue weighted by Crippen LogP contribution is -2.15. The van der Waals surface area contributed by atoms with Crippen LogP contribution in [0.4, 0.5) is 0 Å². The molecule has 0 aliphatic rings. The normalized spacial score (nSPS) is 11.4. The number of rotatable bonds is 6. The van der Waals surface area contributed by atoms with Gasteiger partial charge in [-0.3, -0.25) is 4.79 Å². The van der Waals surface area contributed by atoms with Crippen molar-refractivity contribution in [2.75, 3.05) is 6.61 Å². The minimum Gasteiger partial charge on any atom is -0.479 e. The summed E-state index contributed by atoms with van der Waals surface area (Å²) < 4.78 is 4.79. The second kappa shape index (κ2) is 7.26. The van der Waals surface area contributed by atoms with Gasteiger partial charge in [-0.1, -0.05) is 12.1 Å². The molecule has 2 N–H and O–H groups in total. The molecule has 1 aromatic rings. The van der Waals surface area contributed by atoms with E-state index in [2.05, 4.69) is 0 Å². The number of carbonyl (C=O) groups excluding carboxylic acids is 1. The van der Waals surface area contributed by atoms with E-state index in [9.17, 15) is 14.7 Å². The highest BCUT2D eigenvalue weighted by atomic mass is 16.5. The van der Waals surface area contributed by atoms with Crippen LogP contribution in [0.3, 0.4) is 0 Å². The second-order valence-corrected chi connectivity index (χ2v) is 4.04. The van der Waals surface area contributed by atoms with Gasteiger partial charge in [0.25, 0.3) is 0 Å². The first kappa shape index (κ1) is 15.7. The van der Waals surface area contributed by atoms with E-state index in [4.69, 9.17) is 15.1 Å². The maximum atomic E-state index is 11.3. The van der Waals surface area contributed by atoms with E-state index < -0.39 is 18.0 Å². The molecule has 106 valence electrons. The highest BCUT2D eigenvalue weighted by Crippen LogP contribution is 2.24. The number of nitrogens with zero attached hydrogens (tertiary/aromatic N) is 1. The maximum Gasteiger partial charge on any atom is 0.337 e. The molecule has 0 radical (unpaired) electrons. The third kappa shape index (κ3) is 3.80. The summed E-state index contributed by atoms with van der Waals surface area (Å²) in [5.41, 5.74) is 0.570. The van der Waals surface area contributed by atoms with Gasteiger partial charge in [-0.2, -0.15) is 5.26 Å². The molecule has 0 fully saturated rings. The van der Waals surface area contributed by atoms with Gasteiger partial charge in [-0.15, -0.1) is 0 Å². The fourth-order valence-corrected chi connectivity index (χ4v) is 1.84. The Bertz CT molecular complexity index is 547. The van der Waals surface area contributed by atoms with E-state index >= 15 is 0 Å². The molecule has 1 unspecified atom stereocenters. The molecule has 1 rings (SSSR count). The number of aryl methyl sites for hydroxylation is 1. The number of esters is 1. The van der Waals surface area contributed by atoms with Gasteiger partial charge in [-0.05, 0) is 25.0 Å². The summed E-state index contributed by atoms with van der Waals surface area (Å²) in [6.07, 6.45) is -1.53. The summed E-state index contributed by atoms with van der Waals surface area (Å²) in [6.45, 7) is 1.95. The molecule has 0 saturated carbocycles. The Labute approximate surface area is 116 Å². The van der Waals surface area contributed by atoms with E-state index in [0.29, 0.717) is 5.56 Å². The Morgan fingerprint density at radius 2 is 2.15 bits per heavy atom. The molecule has 0 aliphatic heterocycles. The van der Waals surface area contributed by atoms with Crippen LogP contribution in [0.5, 0.6) is 0 Å². The standard InChI is InChI=1S/C14H15NO5/c1-2-20-11(16)7-6-9-4-3-5-10(8-15)12(9)13(17)14(18)19/h3-5,13,17H,2,6-7H2,1H3,(H,18,19). The molecule has 0 spiro atoms. The van der Waals surface area contributed by atoms with Gasteiger partial charge in [0.15, 0.2) is 6.10 Å². The van der Waals surface area contributed by atoms with E-state index in [1.54, 1.807) is 19.1 Å². The van der Waals surface area contributed by atoms with Crippen molar-refractivity contribution >= 4 is 11.9 Å². The Kier molecular flexibility index (Phi) is 5.69. The molecule has 0 amide bonds. The van der Waals surface area contributed by atoms with Crippen molar-refractivity contribution in [2.45, 2.75) is 25.9 Å². The van der Waals surface area contributed by atoms with Crippen LogP contribution in [0.25, 0.3) is 0 Å². The molecule has 0 bridgehead atoms. The van der Waals surface area contributed by atoms with Crippen LogP contribution >= 0.6 is 0 Å². The highest BCUT2D eigenvalue weighted by Gasteiger charge is 2.23. The minimum atomic E-state index is -1.79. The second-order valence-electron chi connectivity index (χ2n) is 4.04. The van der Waals surface area contributed by atoms with Crippen LogP contribution in [0.15, 0.2) is 18.2 Å². The van der Waals surface area contributed by atoms with Gasteiger partial charge >= 0.3 is 11.9 Å². The molecular weight excluding hydrogens is 262 g/mol. The lowest BCUT2D eigenvalue weighted by molar-refractivity contribution is -0.147. The Morgan fingerprint density at radius 1 is 1.45 bits per heavy atom. The molecule has 0 aromatic heterocycles. The van der Waals surface area contributed by atoms with Crippen molar-refractivity contribution in [3.05, 3.63) is 34.9 Å². The summed E-state index contributed by atoms with van der Waals surface area (Å²) in [4.78, 5) is 22.2. The van der Waals surface area contributed by atoms with Crippen LogP contribution in [-0.4, -0.2) is 28.8 Å². The molecule has 0 aliphatic carbocycles. The molecule has 0 heterocycles. The average Bonchev–Trinajstić information content (AvgIpc) is 2.44. The van der Waals surface area contributed by atoms with Crippen molar-refractivity contribution in [2.24, 2.45) is 0 Å². The number of aliphatic hydroxyl groups excluding tert-OH is 1. The Morgan fingerprint density at radius 3 is 2.70 bits per heavy atom. The Balaban J connectivity index is 3.04. The van der Waals surface area contributed by atoms with Crippen molar-refractivity contribution in [3.63, 3.8) is 0 Å². The number of aliphatic hydroxyl groups is 1. The number of carbonyl (C=O) groups is 2. The summed E-state index contributed by atoms with van der Waals surface area (Å²) >= 11 is 0. The van der Waals surface area contributed by atoms with Crippen molar-refractivity contribution in [3.8, 4) is 6.07 Å². The first-order valence-corrected chi connectivity index (χ1v) is 6.09. The SMILES string of the molecule is CCOC(=O)CCc1cccc(C#N)c1C(O)C(=O)O. The summed E-state index contributed by atoms with van der Waals surface area (Å²) in [7, 11) is 0. The quantitative estimate of drug-likeness (QED) is 0.756. The fraction of sp³-hybridized carbons (Fsp3) is 0.357. The van der Waals surface area contributed by atoms with Crippen molar-refractivity contribution in [1.82, 2.24) is 0 Å². The number of aliphatic carboxylic acids is 1. The number of hydrogen-bond acceptors (Lipinski definition) is 5. The third-order valence-electron chi connectivity index (χ3n) is 2.73. The third-order valence-corrected chi connectivity index (χ3v) is 2.73. The van der Waals surface area contributed by atoms with Gasteiger partial charge in [0.2, 0.25) is 0 Å². The molecule has 1 atom stereocenters. The summed E-state index contributed by atoms with van der Waals surface area (Å²) in [6, 6.07) is 6.44. The number of hydrogen-bond donors (Lipinski definition) is 2. The zero-order valence-electron chi connectivity index (χ0n) is 11.0. The molecule has 20 heavy (non-hydrogen) atoms. The largest absolute Gasteiger partial charge is 0.479 e. The lowest BCUT2D eigenvalue weighted by atomic mass is 9.94. The van der Waals surface area contributed by atoms with Crippen molar-refractivity contribution < 1.29 is 24.5 Å². The molecule has 6 heteroatoms. The van der Waals surface area contributed by atoms with E-state index in [1.807, 2.05) is 6.07 Å². The molecule has 1 aromatic carbocycles. The topological polar surface area (TPSA) is 108 Å². The smallest absolute Gasteiger partial charge is 0.337 e. The van der Waals surface area contributed by atoms with Crippen LogP contribution in [0.2, 0.25) is 0 Å². The van der Waals surface area contributed by atoms with Gasteiger partial charge in [-0.25, -0.2) is 4.79 Å². The highest BCUT2D eigenvalue weighted by molar-refractivity contribution is 5.76. The zero-order valence-corrected chi connectivity index (χ0v) is 11.0. The van der Waals surface area contributed by atoms with Crippen molar-refractivity contribution in [1.29, 1.82) is 5.26 Å². The lowest BCUT2D eigenvalue weighted by Gasteiger charge is -2.13. The number of ether oxygens (including phenoxy) is 1. The molecule has 0 saturated heterocycles. The van der Waals surface area contributed by atoms with Gasteiger partial charge in [0.1, 0.15) is 0 Å². The van der Waals surface area contributed by atoms with Crippen LogP contribution in [-0.2, 0) is 20.7 Å². The zero-order chi connectivity index (χ0) is 15.1.